The van der Waals surface area contributed by atoms with Crippen LogP contribution >= 0.6 is 0 Å². The second kappa shape index (κ2) is 7.53. The summed E-state index contributed by atoms with van der Waals surface area (Å²) in [5.74, 6) is -1.64. The molecule has 22 heavy (non-hydrogen) atoms. The van der Waals surface area contributed by atoms with E-state index in [1.807, 2.05) is 0 Å². The third kappa shape index (κ3) is 4.54. The summed E-state index contributed by atoms with van der Waals surface area (Å²) in [7, 11) is 0. The van der Waals surface area contributed by atoms with Gasteiger partial charge in [0.25, 0.3) is 5.91 Å². The average molecular weight is 308 g/mol. The van der Waals surface area contributed by atoms with Gasteiger partial charge in [-0.1, -0.05) is 18.2 Å². The van der Waals surface area contributed by atoms with Crippen molar-refractivity contribution in [3.63, 3.8) is 0 Å². The van der Waals surface area contributed by atoms with Gasteiger partial charge in [0.05, 0.1) is 0 Å². The Morgan fingerprint density at radius 2 is 2.09 bits per heavy atom. The Morgan fingerprint density at radius 1 is 1.32 bits per heavy atom. The third-order valence-electron chi connectivity index (χ3n) is 3.29. The summed E-state index contributed by atoms with van der Waals surface area (Å²) in [5.41, 5.74) is 0.352. The van der Waals surface area contributed by atoms with Crippen molar-refractivity contribution >= 4 is 17.8 Å². The van der Waals surface area contributed by atoms with E-state index in [1.165, 1.54) is 11.0 Å². The molecule has 0 spiro atoms. The maximum atomic E-state index is 13.3. The van der Waals surface area contributed by atoms with E-state index < -0.39 is 24.3 Å². The van der Waals surface area contributed by atoms with Gasteiger partial charge in [-0.25, -0.2) is 4.39 Å². The molecule has 0 radical (unpaired) electrons. The molecule has 1 fully saturated rings. The van der Waals surface area contributed by atoms with Gasteiger partial charge in [0.1, 0.15) is 12.4 Å². The van der Waals surface area contributed by atoms with Crippen LogP contribution in [-0.2, 0) is 25.7 Å². The van der Waals surface area contributed by atoms with Crippen LogP contribution in [0.5, 0.6) is 0 Å². The average Bonchev–Trinajstić information content (AvgIpc) is 2.89. The molecular weight excluding hydrogens is 291 g/mol. The molecule has 0 atom stereocenters. The van der Waals surface area contributed by atoms with Gasteiger partial charge in [0, 0.05) is 25.1 Å². The Labute approximate surface area is 127 Å². The van der Waals surface area contributed by atoms with Crippen LogP contribution in [0.2, 0.25) is 0 Å². The molecule has 1 N–H and O–H groups in total. The van der Waals surface area contributed by atoms with Crippen molar-refractivity contribution in [2.24, 2.45) is 0 Å². The van der Waals surface area contributed by atoms with Crippen molar-refractivity contribution in [1.29, 1.82) is 0 Å². The zero-order valence-electron chi connectivity index (χ0n) is 12.0. The normalized spacial score (nSPS) is 14.0. The largest absolute Gasteiger partial charge is 0.454 e. The number of nitrogens with one attached hydrogen (secondary N) is 1. The summed E-state index contributed by atoms with van der Waals surface area (Å²) >= 11 is 0. The molecule has 118 valence electrons. The number of halogens is 1. The van der Waals surface area contributed by atoms with Crippen molar-refractivity contribution < 1.29 is 23.5 Å². The van der Waals surface area contributed by atoms with Crippen LogP contribution in [-0.4, -0.2) is 42.4 Å². The highest BCUT2D eigenvalue weighted by Gasteiger charge is 2.23. The van der Waals surface area contributed by atoms with E-state index in [0.29, 0.717) is 18.5 Å². The molecule has 0 unspecified atom stereocenters. The summed E-state index contributed by atoms with van der Waals surface area (Å²) in [5, 5.41) is 2.46. The van der Waals surface area contributed by atoms with Gasteiger partial charge >= 0.3 is 5.97 Å². The number of hydrogen-bond donors (Lipinski definition) is 1. The monoisotopic (exact) mass is 308 g/mol. The maximum Gasteiger partial charge on any atom is 0.326 e. The van der Waals surface area contributed by atoms with Crippen molar-refractivity contribution in [2.45, 2.75) is 19.4 Å². The third-order valence-corrected chi connectivity index (χ3v) is 3.29. The lowest BCUT2D eigenvalue weighted by atomic mass is 10.2. The molecule has 1 aromatic carbocycles. The Balaban J connectivity index is 1.68. The molecule has 0 saturated carbocycles. The fourth-order valence-corrected chi connectivity index (χ4v) is 2.11. The predicted octanol–water partition coefficient (Wildman–Crippen LogP) is 0.608. The van der Waals surface area contributed by atoms with Crippen LogP contribution in [0, 0.1) is 5.82 Å². The SMILES string of the molecule is O=C(COC(=O)CN1CCCC1=O)NCc1ccccc1F. The molecule has 1 saturated heterocycles. The predicted molar refractivity (Wildman–Crippen MR) is 75.0 cm³/mol. The second-order valence-electron chi connectivity index (χ2n) is 4.95. The summed E-state index contributed by atoms with van der Waals surface area (Å²) in [6.07, 6.45) is 1.17. The number of nitrogens with zero attached hydrogens (tertiary/aromatic N) is 1. The molecule has 1 aliphatic rings. The summed E-state index contributed by atoms with van der Waals surface area (Å²) in [4.78, 5) is 35.8. The Morgan fingerprint density at radius 3 is 2.77 bits per heavy atom. The Hall–Kier alpha value is -2.44. The highest BCUT2D eigenvalue weighted by atomic mass is 19.1. The Bertz CT molecular complexity index is 576. The van der Waals surface area contributed by atoms with Gasteiger partial charge in [0.2, 0.25) is 5.91 Å². The molecule has 0 bridgehead atoms. The number of esters is 1. The first-order chi connectivity index (χ1) is 10.6. The second-order valence-corrected chi connectivity index (χ2v) is 4.95. The molecule has 1 heterocycles. The minimum atomic E-state index is -0.628. The fourth-order valence-electron chi connectivity index (χ4n) is 2.11. The molecule has 0 aromatic heterocycles. The molecule has 1 aromatic rings. The standard InChI is InChI=1S/C15H17FN2O4/c16-12-5-2-1-4-11(12)8-17-13(19)10-22-15(21)9-18-7-3-6-14(18)20/h1-2,4-5H,3,6-10H2,(H,17,19). The quantitative estimate of drug-likeness (QED) is 0.781. The lowest BCUT2D eigenvalue weighted by Gasteiger charge is -2.14. The van der Waals surface area contributed by atoms with Crippen LogP contribution < -0.4 is 5.32 Å². The lowest BCUT2D eigenvalue weighted by Crippen LogP contribution is -2.34. The summed E-state index contributed by atoms with van der Waals surface area (Å²) < 4.78 is 18.1. The van der Waals surface area contributed by atoms with E-state index >= 15 is 0 Å². The summed E-state index contributed by atoms with van der Waals surface area (Å²) in [6, 6.07) is 6.08. The number of carbonyl (C=O) groups excluding carboxylic acids is 3. The van der Waals surface area contributed by atoms with Gasteiger partial charge < -0.3 is 15.0 Å². The van der Waals surface area contributed by atoms with Crippen molar-refractivity contribution in [3.8, 4) is 0 Å². The number of amides is 2. The van der Waals surface area contributed by atoms with Gasteiger partial charge in [-0.15, -0.1) is 0 Å². The zero-order chi connectivity index (χ0) is 15.9. The number of hydrogen-bond acceptors (Lipinski definition) is 4. The zero-order valence-corrected chi connectivity index (χ0v) is 12.0. The minimum Gasteiger partial charge on any atom is -0.454 e. The van der Waals surface area contributed by atoms with E-state index in [-0.39, 0.29) is 19.0 Å². The molecule has 7 heteroatoms. The van der Waals surface area contributed by atoms with E-state index in [4.69, 9.17) is 4.74 Å². The fraction of sp³-hybridized carbons (Fsp3) is 0.400. The van der Waals surface area contributed by atoms with Crippen LogP contribution in [0.4, 0.5) is 4.39 Å². The van der Waals surface area contributed by atoms with Crippen LogP contribution in [0.3, 0.4) is 0 Å². The van der Waals surface area contributed by atoms with Crippen LogP contribution in [0.25, 0.3) is 0 Å². The summed E-state index contributed by atoms with van der Waals surface area (Å²) in [6.45, 7) is -0.0319. The van der Waals surface area contributed by atoms with E-state index in [1.54, 1.807) is 18.2 Å². The van der Waals surface area contributed by atoms with Crippen LogP contribution in [0.1, 0.15) is 18.4 Å². The molecule has 0 aliphatic carbocycles. The smallest absolute Gasteiger partial charge is 0.326 e. The van der Waals surface area contributed by atoms with Gasteiger partial charge in [-0.2, -0.15) is 0 Å². The Kier molecular flexibility index (Phi) is 5.46. The van der Waals surface area contributed by atoms with Gasteiger partial charge in [-0.3, -0.25) is 14.4 Å². The molecule has 1 aliphatic heterocycles. The van der Waals surface area contributed by atoms with E-state index in [2.05, 4.69) is 5.32 Å². The topological polar surface area (TPSA) is 75.7 Å². The van der Waals surface area contributed by atoms with Crippen molar-refractivity contribution in [2.75, 3.05) is 19.7 Å². The first-order valence-electron chi connectivity index (χ1n) is 7.00. The number of rotatable bonds is 6. The van der Waals surface area contributed by atoms with E-state index in [9.17, 15) is 18.8 Å². The maximum absolute atomic E-state index is 13.3. The van der Waals surface area contributed by atoms with E-state index in [0.717, 1.165) is 6.42 Å². The molecule has 2 rings (SSSR count). The number of likely N-dealkylation sites (tertiary alicyclic amines) is 1. The minimum absolute atomic E-state index is 0.0215. The lowest BCUT2D eigenvalue weighted by molar-refractivity contribution is -0.151. The van der Waals surface area contributed by atoms with Crippen LogP contribution in [0.15, 0.2) is 24.3 Å². The highest BCUT2D eigenvalue weighted by Crippen LogP contribution is 2.09. The van der Waals surface area contributed by atoms with Crippen molar-refractivity contribution in [3.05, 3.63) is 35.6 Å². The molecule has 2 amide bonds. The molecular formula is C15H17FN2O4. The van der Waals surface area contributed by atoms with Crippen molar-refractivity contribution in [1.82, 2.24) is 10.2 Å². The number of benzene rings is 1. The first-order valence-corrected chi connectivity index (χ1v) is 7.00. The number of carbonyl (C=O) groups is 3. The molecule has 6 nitrogen and oxygen atoms in total. The highest BCUT2D eigenvalue weighted by molar-refractivity contribution is 5.85. The number of ether oxygens (including phenoxy) is 1. The van der Waals surface area contributed by atoms with Gasteiger partial charge in [-0.05, 0) is 12.5 Å². The van der Waals surface area contributed by atoms with Gasteiger partial charge in [0.15, 0.2) is 6.61 Å². The first kappa shape index (κ1) is 15.9.